The SMILES string of the molecule is COc1c(O)ccc2c1-c1ccc3ccc(O)cc3c1CSS[C@H]1CC[C@H](C[C@@H]1O)[C@@H](O[C@@H]1N[C@@H](CCC3(O)CCCCC3)CC[C@@H](CCO)c3cc(NCC(C)=O)c(CO)cc31)CC(=O)CC2. The smallest absolute Gasteiger partial charge is 0.168 e. The molecule has 2 bridgehead atoms. The molecule has 0 radical (unpaired) electrons. The number of anilines is 1. The van der Waals surface area contributed by atoms with Gasteiger partial charge in [0, 0.05) is 53.3 Å². The molecule has 2 saturated carbocycles. The van der Waals surface area contributed by atoms with Gasteiger partial charge in [-0.3, -0.25) is 14.9 Å². The topological polar surface area (TPSA) is 198 Å². The maximum absolute atomic E-state index is 14.6. The Morgan fingerprint density at radius 3 is 2.50 bits per heavy atom. The van der Waals surface area contributed by atoms with Gasteiger partial charge in [0.05, 0.1) is 38.1 Å². The van der Waals surface area contributed by atoms with Gasteiger partial charge in [0.25, 0.3) is 0 Å². The van der Waals surface area contributed by atoms with Crippen molar-refractivity contribution in [1.82, 2.24) is 5.32 Å². The number of aliphatic hydroxyl groups is 4. The average molecular weight is 971 g/mol. The minimum atomic E-state index is -0.730. The number of phenolic OH excluding ortho intramolecular Hbond substituents is 2. The predicted octanol–water partition coefficient (Wildman–Crippen LogP) is 9.51. The highest BCUT2D eigenvalue weighted by atomic mass is 33.1. The van der Waals surface area contributed by atoms with Crippen LogP contribution in [0.4, 0.5) is 5.69 Å². The Labute approximate surface area is 408 Å². The maximum Gasteiger partial charge on any atom is 0.168 e. The number of nitrogens with one attached hydrogen (secondary N) is 2. The summed E-state index contributed by atoms with van der Waals surface area (Å²) in [7, 11) is 4.84. The van der Waals surface area contributed by atoms with Crippen LogP contribution in [0.3, 0.4) is 0 Å². The zero-order valence-electron chi connectivity index (χ0n) is 39.5. The summed E-state index contributed by atoms with van der Waals surface area (Å²) in [6, 6.07) is 16.7. The number of hydrogen-bond acceptors (Lipinski definition) is 14. The van der Waals surface area contributed by atoms with Gasteiger partial charge in [-0.1, -0.05) is 65.1 Å². The summed E-state index contributed by atoms with van der Waals surface area (Å²) < 4.78 is 13.3. The quantitative estimate of drug-likeness (QED) is 0.0625. The molecule has 3 heterocycles. The Hall–Kier alpha value is -3.86. The van der Waals surface area contributed by atoms with Crippen molar-refractivity contribution in [3.63, 3.8) is 0 Å². The van der Waals surface area contributed by atoms with E-state index in [2.05, 4.69) is 10.6 Å². The summed E-state index contributed by atoms with van der Waals surface area (Å²) in [4.78, 5) is 26.8. The molecule has 368 valence electrons. The number of benzene rings is 4. The molecule has 4 aromatic carbocycles. The van der Waals surface area contributed by atoms with Crippen LogP contribution in [0.15, 0.2) is 54.6 Å². The Morgan fingerprint density at radius 1 is 0.941 bits per heavy atom. The summed E-state index contributed by atoms with van der Waals surface area (Å²) in [5, 5.41) is 75.5. The second-order valence-corrected chi connectivity index (χ2v) is 22.4. The third-order valence-electron chi connectivity index (χ3n) is 15.1. The molecule has 12 nitrogen and oxygen atoms in total. The first-order valence-corrected chi connectivity index (χ1v) is 27.1. The molecule has 5 aliphatic rings. The van der Waals surface area contributed by atoms with Crippen molar-refractivity contribution in [2.24, 2.45) is 5.92 Å². The molecule has 0 spiro atoms. The maximum atomic E-state index is 14.6. The fourth-order valence-electron chi connectivity index (χ4n) is 11.4. The standard InChI is InChI=1S/C54H70N2O10S2/c1-32(59)29-55-46-28-43-34(19-23-57)6-12-38(18-22-54(64)20-4-3-5-21-54)56-53(44(43)24-37(46)30-58)66-49-27-40(61)14-8-35-10-16-47(62)52(65-2)51(35)41-15-9-33-7-13-39(60)26-42(33)45(41)31-67-68-50-17-11-36(49)25-48(50)63/h7,9-10,13,15-16,24,26,28,34,36,38,48-50,53,55-58,60,62-64H,3-6,8,11-12,14,17-23,25,27,29-31H2,1-2H3/t34-,36+,38+,48-,49-,50-,53-/m0/s1. The molecule has 9 rings (SSSR count). The van der Waals surface area contributed by atoms with Crippen molar-refractivity contribution in [2.45, 2.75) is 163 Å². The second kappa shape index (κ2) is 22.9. The number of hydrogen-bond donors (Lipinski definition) is 8. The van der Waals surface area contributed by atoms with E-state index in [1.54, 1.807) is 39.8 Å². The lowest BCUT2D eigenvalue weighted by Crippen LogP contribution is -2.44. The molecule has 8 N–H and O–H groups in total. The van der Waals surface area contributed by atoms with Gasteiger partial charge in [-0.05, 0) is 158 Å². The van der Waals surface area contributed by atoms with Gasteiger partial charge in [0.2, 0.25) is 0 Å². The van der Waals surface area contributed by atoms with E-state index in [0.29, 0.717) is 66.8 Å². The molecule has 0 amide bonds. The summed E-state index contributed by atoms with van der Waals surface area (Å²) in [6.07, 6.45) is 8.64. The molecule has 2 aliphatic carbocycles. The summed E-state index contributed by atoms with van der Waals surface area (Å²) in [5.74, 6) is 0.709. The van der Waals surface area contributed by atoms with E-state index in [-0.39, 0.29) is 78.8 Å². The van der Waals surface area contributed by atoms with Crippen LogP contribution in [0.1, 0.15) is 143 Å². The van der Waals surface area contributed by atoms with Gasteiger partial charge in [-0.25, -0.2) is 0 Å². The lowest BCUT2D eigenvalue weighted by Gasteiger charge is -2.41. The van der Waals surface area contributed by atoms with Crippen molar-refractivity contribution in [2.75, 3.05) is 25.6 Å². The molecule has 0 aromatic heterocycles. The zero-order chi connectivity index (χ0) is 48.0. The minimum Gasteiger partial charge on any atom is -0.508 e. The molecule has 3 aliphatic heterocycles. The summed E-state index contributed by atoms with van der Waals surface area (Å²) in [6.45, 7) is 1.29. The number of aliphatic hydroxyl groups excluding tert-OH is 3. The number of phenols is 2. The third-order valence-corrected chi connectivity index (χ3v) is 18.0. The summed E-state index contributed by atoms with van der Waals surface area (Å²) in [5.41, 5.74) is 5.61. The number of Topliss-reactive ketones (excluding diaryl/α,β-unsaturated/α-hetero) is 2. The van der Waals surface area contributed by atoms with Crippen molar-refractivity contribution in [3.05, 3.63) is 82.4 Å². The Morgan fingerprint density at radius 2 is 1.75 bits per heavy atom. The third kappa shape index (κ3) is 11.8. The first-order chi connectivity index (χ1) is 32.9. The van der Waals surface area contributed by atoms with Crippen LogP contribution in [0.5, 0.6) is 17.2 Å². The predicted molar refractivity (Wildman–Crippen MR) is 270 cm³/mol. The Kier molecular flexibility index (Phi) is 17.0. The van der Waals surface area contributed by atoms with E-state index < -0.39 is 24.0 Å². The number of carbonyl (C=O) groups excluding carboxylic acids is 2. The number of rotatable bonds is 12. The molecule has 14 heteroatoms. The van der Waals surface area contributed by atoms with E-state index in [9.17, 15) is 40.2 Å². The minimum absolute atomic E-state index is 0.00888. The number of carbonyl (C=O) groups is 2. The summed E-state index contributed by atoms with van der Waals surface area (Å²) >= 11 is 0. The van der Waals surface area contributed by atoms with Crippen LogP contribution < -0.4 is 15.4 Å². The van der Waals surface area contributed by atoms with E-state index in [0.717, 1.165) is 90.0 Å². The van der Waals surface area contributed by atoms with E-state index in [1.807, 2.05) is 36.4 Å². The fraction of sp³-hybridized carbons (Fsp3) is 0.556. The Bertz CT molecular complexity index is 2410. The highest BCUT2D eigenvalue weighted by Gasteiger charge is 2.39. The molecular formula is C54H70N2O10S2. The van der Waals surface area contributed by atoms with Crippen LogP contribution in [0, 0.1) is 5.92 Å². The molecule has 0 unspecified atom stereocenters. The Balaban J connectivity index is 1.17. The number of ether oxygens (including phenoxy) is 2. The second-order valence-electron chi connectivity index (χ2n) is 19.8. The molecular weight excluding hydrogens is 901 g/mol. The van der Waals surface area contributed by atoms with Crippen LogP contribution in [0.25, 0.3) is 21.9 Å². The van der Waals surface area contributed by atoms with Crippen LogP contribution in [0.2, 0.25) is 0 Å². The number of fused-ring (bicyclic) bond motifs is 10. The van der Waals surface area contributed by atoms with Gasteiger partial charge in [-0.2, -0.15) is 0 Å². The molecule has 68 heavy (non-hydrogen) atoms. The number of ketones is 2. The van der Waals surface area contributed by atoms with Crippen molar-refractivity contribution in [1.29, 1.82) is 0 Å². The van der Waals surface area contributed by atoms with E-state index >= 15 is 0 Å². The van der Waals surface area contributed by atoms with Crippen LogP contribution in [-0.4, -0.2) is 91.6 Å². The highest BCUT2D eigenvalue weighted by Crippen LogP contribution is 2.49. The van der Waals surface area contributed by atoms with Crippen molar-refractivity contribution in [3.8, 4) is 28.4 Å². The zero-order valence-corrected chi connectivity index (χ0v) is 41.1. The molecule has 0 saturated heterocycles. The van der Waals surface area contributed by atoms with Crippen molar-refractivity contribution < 1.29 is 49.7 Å². The number of aryl methyl sites for hydroxylation is 1. The van der Waals surface area contributed by atoms with Gasteiger partial charge >= 0.3 is 0 Å². The first kappa shape index (κ1) is 50.5. The number of methoxy groups -OCH3 is 1. The van der Waals surface area contributed by atoms with Gasteiger partial charge in [-0.15, -0.1) is 0 Å². The first-order valence-electron chi connectivity index (χ1n) is 24.7. The fourth-order valence-corrected chi connectivity index (χ4v) is 14.3. The highest BCUT2D eigenvalue weighted by molar-refractivity contribution is 8.76. The molecule has 4 aromatic rings. The average Bonchev–Trinajstić information content (AvgIpc) is 3.32. The van der Waals surface area contributed by atoms with Crippen LogP contribution >= 0.6 is 21.6 Å². The molecule has 2 fully saturated rings. The van der Waals surface area contributed by atoms with E-state index in [1.165, 1.54) is 14.0 Å². The number of aromatic hydroxyl groups is 2. The normalized spacial score (nSPS) is 25.7. The largest absolute Gasteiger partial charge is 0.508 e. The van der Waals surface area contributed by atoms with E-state index in [4.69, 9.17) is 9.47 Å². The lowest BCUT2D eigenvalue weighted by molar-refractivity contribution is -0.129. The monoisotopic (exact) mass is 970 g/mol. The molecule has 7 atom stereocenters. The van der Waals surface area contributed by atoms with Gasteiger partial charge in [0.1, 0.15) is 23.5 Å². The van der Waals surface area contributed by atoms with Crippen molar-refractivity contribution >= 4 is 49.6 Å². The van der Waals surface area contributed by atoms with Crippen LogP contribution in [-0.2, 0) is 33.1 Å². The van der Waals surface area contributed by atoms with Gasteiger partial charge < -0.3 is 45.4 Å². The lowest BCUT2D eigenvalue weighted by atomic mass is 9.79. The van der Waals surface area contributed by atoms with Gasteiger partial charge in [0.15, 0.2) is 11.5 Å².